The molecule has 0 saturated carbocycles. The number of unbranched alkanes of at least 4 members (excludes halogenated alkanes) is 27. The largest absolute Gasteiger partial charge is 0.462 e. The van der Waals surface area contributed by atoms with E-state index in [9.17, 15) is 14.4 Å². The van der Waals surface area contributed by atoms with Crippen LogP contribution in [0.5, 0.6) is 0 Å². The third-order valence-electron chi connectivity index (χ3n) is 11.9. The summed E-state index contributed by atoms with van der Waals surface area (Å²) in [5.41, 5.74) is 0. The van der Waals surface area contributed by atoms with E-state index in [1.807, 2.05) is 54.7 Å². The molecule has 0 radical (unpaired) electrons. The molecule has 0 aromatic carbocycles. The van der Waals surface area contributed by atoms with Crippen LogP contribution in [0.4, 0.5) is 0 Å². The summed E-state index contributed by atoms with van der Waals surface area (Å²) in [5.74, 6) is -0.988. The van der Waals surface area contributed by atoms with Gasteiger partial charge in [0.2, 0.25) is 0 Å². The molecule has 0 bridgehead atoms. The van der Waals surface area contributed by atoms with Gasteiger partial charge in [0.25, 0.3) is 0 Å². The van der Waals surface area contributed by atoms with E-state index in [1.54, 1.807) is 0 Å². The standard InChI is InChI=1S/C63H104O6/c1-4-7-10-13-16-19-22-25-27-29-31-33-35-38-41-44-47-50-53-56-62(65)68-59-60(58-67-61(64)55-52-49-46-43-40-37-24-21-18-15-12-9-6-3)69-63(66)57-54-51-48-45-42-39-36-34-32-30-28-26-23-20-17-14-11-8-5-2/h9,12,15-26,37,40,43,46,60H,4-8,10-11,13-14,27-36,38-39,41-42,44-45,47-59H2,1-3H3/b12-9+,18-15+,19-16+,20-17+,24-21+,25-22+,26-23+,40-37+,46-43+. The van der Waals surface area contributed by atoms with Crippen LogP contribution in [0.1, 0.15) is 252 Å². The van der Waals surface area contributed by atoms with Crippen LogP contribution in [-0.4, -0.2) is 37.2 Å². The van der Waals surface area contributed by atoms with Crippen molar-refractivity contribution in [2.75, 3.05) is 13.2 Å². The van der Waals surface area contributed by atoms with Crippen molar-refractivity contribution in [1.82, 2.24) is 0 Å². The van der Waals surface area contributed by atoms with Gasteiger partial charge in [0.1, 0.15) is 13.2 Å². The fourth-order valence-electron chi connectivity index (χ4n) is 7.63. The van der Waals surface area contributed by atoms with Crippen molar-refractivity contribution in [2.24, 2.45) is 0 Å². The Bertz CT molecular complexity index is 1420. The van der Waals surface area contributed by atoms with E-state index >= 15 is 0 Å². The van der Waals surface area contributed by atoms with Crippen LogP contribution >= 0.6 is 0 Å². The molecule has 0 aromatic rings. The number of rotatable bonds is 50. The van der Waals surface area contributed by atoms with Crippen LogP contribution in [0.25, 0.3) is 0 Å². The molecule has 0 aliphatic carbocycles. The lowest BCUT2D eigenvalue weighted by atomic mass is 10.1. The molecule has 1 unspecified atom stereocenters. The zero-order valence-corrected chi connectivity index (χ0v) is 44.8. The first-order valence-electron chi connectivity index (χ1n) is 28.5. The Hall–Kier alpha value is -3.93. The zero-order valence-electron chi connectivity index (χ0n) is 44.8. The Morgan fingerprint density at radius 3 is 0.957 bits per heavy atom. The minimum atomic E-state index is -0.812. The van der Waals surface area contributed by atoms with Crippen molar-refractivity contribution >= 4 is 17.9 Å². The van der Waals surface area contributed by atoms with Gasteiger partial charge in [-0.25, -0.2) is 0 Å². The Balaban J connectivity index is 4.44. The molecular weight excluding hydrogens is 853 g/mol. The molecule has 1 atom stereocenters. The van der Waals surface area contributed by atoms with Gasteiger partial charge in [-0.15, -0.1) is 0 Å². The molecule has 0 heterocycles. The molecule has 0 spiro atoms. The summed E-state index contributed by atoms with van der Waals surface area (Å²) in [6, 6.07) is 0. The molecule has 0 N–H and O–H groups in total. The summed E-state index contributed by atoms with van der Waals surface area (Å²) < 4.78 is 16.8. The number of hydrogen-bond acceptors (Lipinski definition) is 6. The number of allylic oxidation sites excluding steroid dienone is 18. The first kappa shape index (κ1) is 65.1. The molecule has 6 heteroatoms. The normalized spacial score (nSPS) is 12.9. The number of carbonyl (C=O) groups is 3. The lowest BCUT2D eigenvalue weighted by molar-refractivity contribution is -0.167. The summed E-state index contributed by atoms with van der Waals surface area (Å²) in [6.07, 6.45) is 76.5. The second-order valence-electron chi connectivity index (χ2n) is 18.6. The van der Waals surface area contributed by atoms with Gasteiger partial charge >= 0.3 is 17.9 Å². The van der Waals surface area contributed by atoms with Crippen molar-refractivity contribution in [3.05, 3.63) is 109 Å². The Labute approximate surface area is 425 Å². The summed E-state index contributed by atoms with van der Waals surface area (Å²) >= 11 is 0. The molecule has 0 rings (SSSR count). The molecule has 6 nitrogen and oxygen atoms in total. The van der Waals surface area contributed by atoms with E-state index < -0.39 is 6.10 Å². The van der Waals surface area contributed by atoms with Crippen LogP contribution in [0.3, 0.4) is 0 Å². The fraction of sp³-hybridized carbons (Fsp3) is 0.667. The fourth-order valence-corrected chi connectivity index (χ4v) is 7.63. The highest BCUT2D eigenvalue weighted by Gasteiger charge is 2.19. The summed E-state index contributed by atoms with van der Waals surface area (Å²) in [7, 11) is 0. The third kappa shape index (κ3) is 54.9. The van der Waals surface area contributed by atoms with E-state index in [1.165, 1.54) is 154 Å². The highest BCUT2D eigenvalue weighted by atomic mass is 16.6. The summed E-state index contributed by atoms with van der Waals surface area (Å²) in [4.78, 5) is 38.1. The highest BCUT2D eigenvalue weighted by Crippen LogP contribution is 2.15. The molecule has 0 amide bonds. The highest BCUT2D eigenvalue weighted by molar-refractivity contribution is 5.71. The molecule has 0 aromatic heterocycles. The molecule has 0 aliphatic rings. The van der Waals surface area contributed by atoms with Gasteiger partial charge in [-0.3, -0.25) is 14.4 Å². The topological polar surface area (TPSA) is 78.9 Å². The Morgan fingerprint density at radius 1 is 0.304 bits per heavy atom. The van der Waals surface area contributed by atoms with Crippen molar-refractivity contribution in [2.45, 2.75) is 258 Å². The second kappa shape index (κ2) is 56.7. The smallest absolute Gasteiger partial charge is 0.306 e. The van der Waals surface area contributed by atoms with Gasteiger partial charge in [-0.05, 0) is 83.5 Å². The van der Waals surface area contributed by atoms with Crippen LogP contribution in [0, 0.1) is 0 Å². The average Bonchev–Trinajstić information content (AvgIpc) is 3.35. The molecular formula is C63H104O6. The molecule has 0 saturated heterocycles. The lowest BCUT2D eigenvalue weighted by Crippen LogP contribution is -2.30. The third-order valence-corrected chi connectivity index (χ3v) is 11.9. The minimum absolute atomic E-state index is 0.105. The molecule has 69 heavy (non-hydrogen) atoms. The molecule has 392 valence electrons. The van der Waals surface area contributed by atoms with Crippen LogP contribution in [-0.2, 0) is 28.6 Å². The van der Waals surface area contributed by atoms with Crippen molar-refractivity contribution in [3.63, 3.8) is 0 Å². The van der Waals surface area contributed by atoms with Gasteiger partial charge < -0.3 is 14.2 Å². The number of carbonyl (C=O) groups excluding carboxylic acids is 3. The van der Waals surface area contributed by atoms with Gasteiger partial charge in [-0.2, -0.15) is 0 Å². The predicted molar refractivity (Wildman–Crippen MR) is 297 cm³/mol. The van der Waals surface area contributed by atoms with E-state index in [2.05, 4.69) is 75.5 Å². The van der Waals surface area contributed by atoms with Crippen molar-refractivity contribution in [3.8, 4) is 0 Å². The van der Waals surface area contributed by atoms with Gasteiger partial charge in [0.05, 0.1) is 0 Å². The number of esters is 3. The van der Waals surface area contributed by atoms with Gasteiger partial charge in [-0.1, -0.05) is 259 Å². The van der Waals surface area contributed by atoms with Gasteiger partial charge in [0.15, 0.2) is 6.10 Å². The monoisotopic (exact) mass is 957 g/mol. The first-order valence-corrected chi connectivity index (χ1v) is 28.5. The second-order valence-corrected chi connectivity index (χ2v) is 18.6. The first-order chi connectivity index (χ1) is 34.0. The molecule has 0 fully saturated rings. The summed E-state index contributed by atoms with van der Waals surface area (Å²) in [5, 5.41) is 0. The Kier molecular flexibility index (Phi) is 53.4. The number of ether oxygens (including phenoxy) is 3. The maximum absolute atomic E-state index is 12.9. The van der Waals surface area contributed by atoms with Crippen LogP contribution < -0.4 is 0 Å². The van der Waals surface area contributed by atoms with Crippen LogP contribution in [0.2, 0.25) is 0 Å². The maximum Gasteiger partial charge on any atom is 0.306 e. The van der Waals surface area contributed by atoms with E-state index in [4.69, 9.17) is 14.2 Å². The quantitative estimate of drug-likeness (QED) is 0.0262. The summed E-state index contributed by atoms with van der Waals surface area (Å²) in [6.45, 7) is 6.38. The van der Waals surface area contributed by atoms with E-state index in [-0.39, 0.29) is 37.5 Å². The Morgan fingerprint density at radius 2 is 0.580 bits per heavy atom. The lowest BCUT2D eigenvalue weighted by Gasteiger charge is -2.18. The predicted octanol–water partition coefficient (Wildman–Crippen LogP) is 19.1. The van der Waals surface area contributed by atoms with Gasteiger partial charge in [0, 0.05) is 19.3 Å². The maximum atomic E-state index is 12.9. The minimum Gasteiger partial charge on any atom is -0.462 e. The van der Waals surface area contributed by atoms with Crippen molar-refractivity contribution in [1.29, 1.82) is 0 Å². The van der Waals surface area contributed by atoms with Crippen molar-refractivity contribution < 1.29 is 28.6 Å². The number of hydrogen-bond donors (Lipinski definition) is 0. The molecule has 0 aliphatic heterocycles. The SMILES string of the molecule is CC/C=C/C=C/C=C/C=C/C=C/CCCC(=O)OCC(COC(=O)CCCCCCCCCCCC/C=C/C=C/CCCCC)OC(=O)CCCCCCCCCCCC/C=C/C=C/CCCCC. The van der Waals surface area contributed by atoms with E-state index in [0.717, 1.165) is 51.4 Å². The van der Waals surface area contributed by atoms with E-state index in [0.29, 0.717) is 19.3 Å². The average molecular weight is 958 g/mol. The van der Waals surface area contributed by atoms with Crippen LogP contribution in [0.15, 0.2) is 109 Å². The zero-order chi connectivity index (χ0) is 50.0.